The number of hydrogen-bond donors (Lipinski definition) is 0. The van der Waals surface area contributed by atoms with Gasteiger partial charge in [0.05, 0.1) is 0 Å². The Bertz CT molecular complexity index is 3790. The lowest BCUT2D eigenvalue weighted by atomic mass is 9.74. The van der Waals surface area contributed by atoms with Crippen LogP contribution < -0.4 is 0 Å². The van der Waals surface area contributed by atoms with Gasteiger partial charge in [0.15, 0.2) is 0 Å². The van der Waals surface area contributed by atoms with Gasteiger partial charge in [-0.3, -0.25) is 0 Å². The van der Waals surface area contributed by atoms with Crippen molar-refractivity contribution in [3.8, 4) is 66.8 Å². The van der Waals surface area contributed by atoms with Crippen LogP contribution in [0.3, 0.4) is 0 Å². The van der Waals surface area contributed by atoms with Gasteiger partial charge in [-0.1, -0.05) is 242 Å². The quantitative estimate of drug-likeness (QED) is 0.115. The zero-order chi connectivity index (χ0) is 47.0. The Hall–Kier alpha value is -8.58. The van der Waals surface area contributed by atoms with E-state index in [1.807, 2.05) is 0 Å². The Morgan fingerprint density at radius 2 is 0.443 bits per heavy atom. The van der Waals surface area contributed by atoms with E-state index >= 15 is 0 Å². The summed E-state index contributed by atoms with van der Waals surface area (Å²) in [5.74, 6) is 0. The fourth-order valence-electron chi connectivity index (χ4n) is 11.8. The second kappa shape index (κ2) is 16.6. The molecule has 0 nitrogen and oxygen atoms in total. The minimum Gasteiger partial charge on any atom is -0.0622 e. The number of hydrogen-bond acceptors (Lipinski definition) is 0. The van der Waals surface area contributed by atoms with Crippen molar-refractivity contribution >= 4 is 64.6 Å². The van der Waals surface area contributed by atoms with E-state index < -0.39 is 0 Å². The monoisotopic (exact) mass is 890 g/mol. The molecule has 0 radical (unpaired) electrons. The third-order valence-electron chi connectivity index (χ3n) is 15.0. The topological polar surface area (TPSA) is 0 Å². The highest BCUT2D eigenvalue weighted by Gasteiger charge is 2.29. The van der Waals surface area contributed by atoms with Gasteiger partial charge in [-0.25, -0.2) is 0 Å². The van der Waals surface area contributed by atoms with Crippen molar-refractivity contribution in [1.82, 2.24) is 0 Å². The highest BCUT2D eigenvalue weighted by atomic mass is 14.3. The van der Waals surface area contributed by atoms with E-state index in [4.69, 9.17) is 0 Å². The van der Waals surface area contributed by atoms with Crippen LogP contribution in [-0.4, -0.2) is 0 Å². The SMILES string of the molecule is Cc1cc2ccc3ccc4c(C)cc5ccc6ccc1c1c6c5c4c3c21.Cc1ccc(-c2c(-c3ccccc3)c(-c3ccccc3)c(-c3ccc(C)cc3)c(-c3ccccc3)c2-c2ccccc2)cc1. The summed E-state index contributed by atoms with van der Waals surface area (Å²) in [6.07, 6.45) is 0. The normalized spacial score (nSPS) is 11.7. The van der Waals surface area contributed by atoms with Crippen LogP contribution in [0, 0.1) is 27.7 Å². The van der Waals surface area contributed by atoms with E-state index in [-0.39, 0.29) is 0 Å². The van der Waals surface area contributed by atoms with Crippen LogP contribution in [-0.2, 0) is 0 Å². The third-order valence-corrected chi connectivity index (χ3v) is 15.0. The maximum absolute atomic E-state index is 2.36. The van der Waals surface area contributed by atoms with Gasteiger partial charge in [0.1, 0.15) is 0 Å². The average molecular weight is 891 g/mol. The summed E-state index contributed by atoms with van der Waals surface area (Å²) in [5.41, 5.74) is 19.9. The first kappa shape index (κ1) is 41.6. The van der Waals surface area contributed by atoms with E-state index in [9.17, 15) is 0 Å². The molecule has 0 unspecified atom stereocenters. The van der Waals surface area contributed by atoms with Gasteiger partial charge in [-0.2, -0.15) is 0 Å². The van der Waals surface area contributed by atoms with Crippen molar-refractivity contribution in [3.05, 3.63) is 253 Å². The second-order valence-corrected chi connectivity index (χ2v) is 19.3. The molecule has 0 bridgehead atoms. The molecule has 0 N–H and O–H groups in total. The molecule has 14 rings (SSSR count). The molecular formula is C70H50. The first-order valence-corrected chi connectivity index (χ1v) is 24.6. The Morgan fingerprint density at radius 3 is 0.743 bits per heavy atom. The lowest BCUT2D eigenvalue weighted by Gasteiger charge is -2.29. The summed E-state index contributed by atoms with van der Waals surface area (Å²) in [5, 5.41) is 16.9. The molecule has 0 saturated heterocycles. The van der Waals surface area contributed by atoms with E-state index in [0.717, 1.165) is 0 Å². The molecular weight excluding hydrogens is 841 g/mol. The molecule has 0 aromatic heterocycles. The molecule has 0 aliphatic heterocycles. The predicted molar refractivity (Wildman–Crippen MR) is 303 cm³/mol. The lowest BCUT2D eigenvalue weighted by Crippen LogP contribution is -2.02. The van der Waals surface area contributed by atoms with Gasteiger partial charge in [-0.05, 0) is 170 Å². The molecule has 0 heterocycles. The molecule has 0 spiro atoms. The maximum Gasteiger partial charge on any atom is -0.00112 e. The summed E-state index contributed by atoms with van der Waals surface area (Å²) in [6.45, 7) is 8.81. The molecule has 330 valence electrons. The number of benzene rings is 14. The van der Waals surface area contributed by atoms with Gasteiger partial charge in [-0.15, -0.1) is 0 Å². The standard InChI is InChI=1S/C44H34.C26H16/c1-31-23-27-37(28-24-31)43-39(33-15-7-3-8-16-33)41(35-19-11-5-12-20-35)44(38-29-25-32(2)26-30-38)42(36-21-13-6-14-22-36)40(43)34-17-9-4-10-18-34;1-13-11-17-5-3-16-8-10-20-14(2)12-18-6-4-15-7-9-19(13)25-21(15)24(18)26(20)22(16)23(17)25/h3-30H,1-2H3;3-12H,1-2H3. The summed E-state index contributed by atoms with van der Waals surface area (Å²) in [6, 6.07) is 85.0. The van der Waals surface area contributed by atoms with Crippen LogP contribution in [0.25, 0.3) is 131 Å². The van der Waals surface area contributed by atoms with Crippen LogP contribution in [0.15, 0.2) is 231 Å². The van der Waals surface area contributed by atoms with Crippen LogP contribution >= 0.6 is 0 Å². The first-order chi connectivity index (χ1) is 34.4. The predicted octanol–water partition coefficient (Wildman–Crippen LogP) is 19.8. The van der Waals surface area contributed by atoms with E-state index in [0.29, 0.717) is 0 Å². The molecule has 0 atom stereocenters. The van der Waals surface area contributed by atoms with E-state index in [2.05, 4.69) is 258 Å². The van der Waals surface area contributed by atoms with E-state index in [1.165, 1.54) is 154 Å². The van der Waals surface area contributed by atoms with Crippen molar-refractivity contribution in [3.63, 3.8) is 0 Å². The minimum absolute atomic E-state index is 1.20. The molecule has 70 heavy (non-hydrogen) atoms. The van der Waals surface area contributed by atoms with Crippen LogP contribution in [0.5, 0.6) is 0 Å². The van der Waals surface area contributed by atoms with Gasteiger partial charge in [0.2, 0.25) is 0 Å². The average Bonchev–Trinajstić information content (AvgIpc) is 3.41. The van der Waals surface area contributed by atoms with Gasteiger partial charge in [0.25, 0.3) is 0 Å². The molecule has 0 fully saturated rings. The minimum atomic E-state index is 1.20. The highest BCUT2D eigenvalue weighted by molar-refractivity contribution is 6.45. The van der Waals surface area contributed by atoms with E-state index in [1.54, 1.807) is 0 Å². The molecule has 0 aliphatic rings. The summed E-state index contributed by atoms with van der Waals surface area (Å²) < 4.78 is 0. The summed E-state index contributed by atoms with van der Waals surface area (Å²) in [4.78, 5) is 0. The zero-order valence-corrected chi connectivity index (χ0v) is 39.9. The molecule has 0 aliphatic carbocycles. The van der Waals surface area contributed by atoms with Crippen LogP contribution in [0.1, 0.15) is 22.3 Å². The Labute approximate surface area is 409 Å². The number of aryl methyl sites for hydroxylation is 4. The largest absolute Gasteiger partial charge is 0.0622 e. The molecule has 14 aromatic carbocycles. The zero-order valence-electron chi connectivity index (χ0n) is 39.9. The summed E-state index contributed by atoms with van der Waals surface area (Å²) in [7, 11) is 0. The van der Waals surface area contributed by atoms with Crippen molar-refractivity contribution in [2.75, 3.05) is 0 Å². The van der Waals surface area contributed by atoms with Gasteiger partial charge >= 0.3 is 0 Å². The van der Waals surface area contributed by atoms with Crippen LogP contribution in [0.4, 0.5) is 0 Å². The van der Waals surface area contributed by atoms with Crippen molar-refractivity contribution in [1.29, 1.82) is 0 Å². The molecule has 0 saturated carbocycles. The second-order valence-electron chi connectivity index (χ2n) is 19.3. The maximum atomic E-state index is 2.36. The molecule has 14 aromatic rings. The van der Waals surface area contributed by atoms with Crippen molar-refractivity contribution in [2.45, 2.75) is 27.7 Å². The molecule has 0 heteroatoms. The van der Waals surface area contributed by atoms with Gasteiger partial charge < -0.3 is 0 Å². The van der Waals surface area contributed by atoms with Gasteiger partial charge in [0, 0.05) is 0 Å². The Morgan fingerprint density at radius 1 is 0.200 bits per heavy atom. The highest BCUT2D eigenvalue weighted by Crippen LogP contribution is 2.56. The lowest BCUT2D eigenvalue weighted by molar-refractivity contribution is 1.45. The Kier molecular flexibility index (Phi) is 9.85. The smallest absolute Gasteiger partial charge is 0.00112 e. The van der Waals surface area contributed by atoms with Crippen LogP contribution in [0.2, 0.25) is 0 Å². The fraction of sp³-hybridized carbons (Fsp3) is 0.0571. The fourth-order valence-corrected chi connectivity index (χ4v) is 11.8. The Balaban J connectivity index is 0.000000155. The molecule has 0 amide bonds. The number of rotatable bonds is 6. The summed E-state index contributed by atoms with van der Waals surface area (Å²) >= 11 is 0. The third kappa shape index (κ3) is 6.59. The van der Waals surface area contributed by atoms with Crippen molar-refractivity contribution in [2.24, 2.45) is 0 Å². The van der Waals surface area contributed by atoms with Crippen molar-refractivity contribution < 1.29 is 0 Å². The first-order valence-electron chi connectivity index (χ1n) is 24.6.